The number of pyridine rings is 1. The van der Waals surface area contributed by atoms with Crippen LogP contribution >= 0.6 is 0 Å². The molecule has 1 aromatic heterocycles. The van der Waals surface area contributed by atoms with Gasteiger partial charge in [-0.3, -0.25) is 4.90 Å². The highest BCUT2D eigenvalue weighted by Gasteiger charge is 2.24. The van der Waals surface area contributed by atoms with Gasteiger partial charge in [0.2, 0.25) is 0 Å². The van der Waals surface area contributed by atoms with E-state index in [2.05, 4.69) is 4.98 Å². The number of carbonyl (C=O) groups is 1. The van der Waals surface area contributed by atoms with Gasteiger partial charge in [0.05, 0.1) is 6.54 Å². The number of hydrogen-bond donors (Lipinski definition) is 2. The van der Waals surface area contributed by atoms with Gasteiger partial charge in [-0.15, -0.1) is 0 Å². The molecular formula is C8H9BN2O4. The van der Waals surface area contributed by atoms with Crippen LogP contribution < -0.4 is 10.4 Å². The molecule has 0 unspecified atom stereocenters. The van der Waals surface area contributed by atoms with Crippen molar-refractivity contribution in [1.82, 2.24) is 4.98 Å². The van der Waals surface area contributed by atoms with Crippen LogP contribution in [-0.4, -0.2) is 41.4 Å². The Morgan fingerprint density at radius 3 is 2.73 bits per heavy atom. The second-order valence-corrected chi connectivity index (χ2v) is 3.09. The minimum atomic E-state index is -1.54. The highest BCUT2D eigenvalue weighted by atomic mass is 16.6. The van der Waals surface area contributed by atoms with Gasteiger partial charge in [0, 0.05) is 11.7 Å². The summed E-state index contributed by atoms with van der Waals surface area (Å²) in [6.45, 7) is 0.817. The molecule has 2 rings (SSSR count). The summed E-state index contributed by atoms with van der Waals surface area (Å²) in [7, 11) is -1.54. The topological polar surface area (TPSA) is 82.9 Å². The van der Waals surface area contributed by atoms with Gasteiger partial charge >= 0.3 is 13.2 Å². The molecule has 6 nitrogen and oxygen atoms in total. The number of nitrogens with zero attached hydrogens (tertiary/aromatic N) is 2. The number of ether oxygens (including phenoxy) is 1. The van der Waals surface area contributed by atoms with Crippen molar-refractivity contribution in [3.63, 3.8) is 0 Å². The summed E-state index contributed by atoms with van der Waals surface area (Å²) >= 11 is 0. The van der Waals surface area contributed by atoms with Crippen molar-refractivity contribution in [3.05, 3.63) is 18.3 Å². The van der Waals surface area contributed by atoms with Crippen LogP contribution in [0.1, 0.15) is 0 Å². The van der Waals surface area contributed by atoms with Gasteiger partial charge < -0.3 is 14.8 Å². The molecule has 2 heterocycles. The van der Waals surface area contributed by atoms with Gasteiger partial charge in [0.1, 0.15) is 12.4 Å². The number of cyclic esters (lactones) is 1. The zero-order valence-electron chi connectivity index (χ0n) is 7.83. The first-order valence-corrected chi connectivity index (χ1v) is 4.45. The highest BCUT2D eigenvalue weighted by molar-refractivity contribution is 6.58. The monoisotopic (exact) mass is 208 g/mol. The quantitative estimate of drug-likeness (QED) is 0.591. The third kappa shape index (κ3) is 1.93. The molecule has 0 radical (unpaired) electrons. The molecule has 1 amide bonds. The first kappa shape index (κ1) is 9.94. The molecule has 78 valence electrons. The molecule has 0 saturated carbocycles. The van der Waals surface area contributed by atoms with Gasteiger partial charge in [-0.25, -0.2) is 9.78 Å². The fourth-order valence-corrected chi connectivity index (χ4v) is 1.31. The lowest BCUT2D eigenvalue weighted by Crippen LogP contribution is -2.31. The third-order valence-corrected chi connectivity index (χ3v) is 2.11. The Labute approximate surface area is 86.3 Å². The Hall–Kier alpha value is -1.60. The summed E-state index contributed by atoms with van der Waals surface area (Å²) in [5.74, 6) is 0.446. The maximum atomic E-state index is 11.2. The summed E-state index contributed by atoms with van der Waals surface area (Å²) in [5.41, 5.74) is 0.284. The molecule has 1 aliphatic rings. The summed E-state index contributed by atoms with van der Waals surface area (Å²) < 4.78 is 4.75. The predicted octanol–water partition coefficient (Wildman–Crippen LogP) is -1.28. The van der Waals surface area contributed by atoms with E-state index in [1.807, 2.05) is 0 Å². The molecule has 0 bridgehead atoms. The first-order valence-electron chi connectivity index (χ1n) is 4.45. The number of carbonyl (C=O) groups excluding carboxylic acids is 1. The molecule has 15 heavy (non-hydrogen) atoms. The van der Waals surface area contributed by atoms with Crippen LogP contribution in [0.5, 0.6) is 0 Å². The SMILES string of the molecule is O=C1OCCN1c1ccc(B(O)O)cn1. The zero-order valence-corrected chi connectivity index (χ0v) is 7.83. The van der Waals surface area contributed by atoms with Crippen LogP contribution in [0, 0.1) is 0 Å². The van der Waals surface area contributed by atoms with E-state index < -0.39 is 13.2 Å². The number of rotatable bonds is 2. The molecule has 7 heteroatoms. The Morgan fingerprint density at radius 2 is 2.27 bits per heavy atom. The maximum absolute atomic E-state index is 11.2. The lowest BCUT2D eigenvalue weighted by Gasteiger charge is -2.11. The van der Waals surface area contributed by atoms with Crippen molar-refractivity contribution in [2.45, 2.75) is 0 Å². The molecule has 1 saturated heterocycles. The van der Waals surface area contributed by atoms with Crippen molar-refractivity contribution in [2.24, 2.45) is 0 Å². The third-order valence-electron chi connectivity index (χ3n) is 2.11. The average Bonchev–Trinajstić information content (AvgIpc) is 2.65. The van der Waals surface area contributed by atoms with Crippen molar-refractivity contribution in [1.29, 1.82) is 0 Å². The van der Waals surface area contributed by atoms with E-state index >= 15 is 0 Å². The van der Waals surface area contributed by atoms with Crippen molar-refractivity contribution < 1.29 is 19.6 Å². The summed E-state index contributed by atoms with van der Waals surface area (Å²) in [4.78, 5) is 16.5. The Balaban J connectivity index is 2.19. The summed E-state index contributed by atoms with van der Waals surface area (Å²) in [6, 6.07) is 3.04. The van der Waals surface area contributed by atoms with Gasteiger partial charge in [0.25, 0.3) is 0 Å². The molecule has 0 aromatic carbocycles. The fraction of sp³-hybridized carbons (Fsp3) is 0.250. The van der Waals surface area contributed by atoms with E-state index in [0.29, 0.717) is 19.0 Å². The second-order valence-electron chi connectivity index (χ2n) is 3.09. The molecule has 0 aliphatic carbocycles. The van der Waals surface area contributed by atoms with E-state index in [9.17, 15) is 4.79 Å². The minimum Gasteiger partial charge on any atom is -0.447 e. The largest absolute Gasteiger partial charge is 0.490 e. The lowest BCUT2D eigenvalue weighted by atomic mass is 9.82. The molecule has 0 spiro atoms. The van der Waals surface area contributed by atoms with Gasteiger partial charge in [0.15, 0.2) is 0 Å². The van der Waals surface area contributed by atoms with Gasteiger partial charge in [-0.05, 0) is 6.07 Å². The Bertz CT molecular complexity index is 367. The average molecular weight is 208 g/mol. The van der Waals surface area contributed by atoms with E-state index in [-0.39, 0.29) is 5.46 Å². The van der Waals surface area contributed by atoms with Crippen LogP contribution in [0.4, 0.5) is 10.6 Å². The standard InChI is InChI=1S/C8H9BN2O4/c12-8-11(3-4-15-8)7-2-1-6(5-10-7)9(13)14/h1-2,5,13-14H,3-4H2. The van der Waals surface area contributed by atoms with Crippen LogP contribution in [0.15, 0.2) is 18.3 Å². The lowest BCUT2D eigenvalue weighted by molar-refractivity contribution is 0.181. The van der Waals surface area contributed by atoms with E-state index in [0.717, 1.165) is 0 Å². The van der Waals surface area contributed by atoms with Crippen LogP contribution in [0.2, 0.25) is 0 Å². The number of amides is 1. The molecule has 1 aliphatic heterocycles. The van der Waals surface area contributed by atoms with Crippen LogP contribution in [0.25, 0.3) is 0 Å². The first-order chi connectivity index (χ1) is 7.18. The summed E-state index contributed by atoms with van der Waals surface area (Å²) in [5, 5.41) is 17.7. The highest BCUT2D eigenvalue weighted by Crippen LogP contribution is 2.13. The zero-order chi connectivity index (χ0) is 10.8. The van der Waals surface area contributed by atoms with E-state index in [1.165, 1.54) is 17.2 Å². The molecule has 2 N–H and O–H groups in total. The molecule has 0 atom stereocenters. The second kappa shape index (κ2) is 3.88. The number of aromatic nitrogens is 1. The van der Waals surface area contributed by atoms with Crippen LogP contribution in [0.3, 0.4) is 0 Å². The van der Waals surface area contributed by atoms with Gasteiger partial charge in [-0.2, -0.15) is 0 Å². The molecule has 1 fully saturated rings. The number of anilines is 1. The van der Waals surface area contributed by atoms with Crippen molar-refractivity contribution >= 4 is 24.5 Å². The predicted molar refractivity (Wildman–Crippen MR) is 52.8 cm³/mol. The smallest absolute Gasteiger partial charge is 0.447 e. The van der Waals surface area contributed by atoms with Gasteiger partial charge in [-0.1, -0.05) is 6.07 Å². The fourth-order valence-electron chi connectivity index (χ4n) is 1.31. The van der Waals surface area contributed by atoms with E-state index in [4.69, 9.17) is 14.8 Å². The normalized spacial score (nSPS) is 15.3. The summed E-state index contributed by atoms with van der Waals surface area (Å²) in [6.07, 6.45) is 0.880. The van der Waals surface area contributed by atoms with Crippen molar-refractivity contribution in [3.8, 4) is 0 Å². The minimum absolute atomic E-state index is 0.284. The Morgan fingerprint density at radius 1 is 1.47 bits per heavy atom. The molecular weight excluding hydrogens is 199 g/mol. The number of hydrogen-bond acceptors (Lipinski definition) is 5. The van der Waals surface area contributed by atoms with Crippen LogP contribution in [-0.2, 0) is 4.74 Å². The molecule has 1 aromatic rings. The maximum Gasteiger partial charge on any atom is 0.490 e. The van der Waals surface area contributed by atoms with E-state index in [1.54, 1.807) is 6.07 Å². The van der Waals surface area contributed by atoms with Crippen molar-refractivity contribution in [2.75, 3.05) is 18.1 Å². The Kier molecular flexibility index (Phi) is 2.57.